The third kappa shape index (κ3) is 3.83. The van der Waals surface area contributed by atoms with E-state index in [9.17, 15) is 31.2 Å². The fourth-order valence-electron chi connectivity index (χ4n) is 3.09. The average Bonchev–Trinajstić information content (AvgIpc) is 2.94. The van der Waals surface area contributed by atoms with Gasteiger partial charge in [-0.3, -0.25) is 14.1 Å². The molecule has 0 aliphatic heterocycles. The van der Waals surface area contributed by atoms with Gasteiger partial charge >= 0.3 is 18.1 Å². The van der Waals surface area contributed by atoms with Crippen LogP contribution in [0.5, 0.6) is 0 Å². The topological polar surface area (TPSA) is 118 Å². The molecule has 0 spiro atoms. The molecule has 0 aromatic carbocycles. The first-order chi connectivity index (χ1) is 10.4. The SMILES string of the molecule is O=C(OC(CS(=O)(=O)O)C(F)(F)F)C1C2C=C[C@H](C2)C1C(=O)O. The smallest absolute Gasteiger partial charge is 0.426 e. The van der Waals surface area contributed by atoms with Gasteiger partial charge in [-0.1, -0.05) is 12.2 Å². The zero-order chi connectivity index (χ0) is 17.6. The van der Waals surface area contributed by atoms with E-state index < -0.39 is 63.8 Å². The van der Waals surface area contributed by atoms with Gasteiger partial charge in [0.05, 0.1) is 11.8 Å². The van der Waals surface area contributed by atoms with Crippen molar-refractivity contribution >= 4 is 22.1 Å². The van der Waals surface area contributed by atoms with Crippen LogP contribution in [-0.4, -0.2) is 48.0 Å². The van der Waals surface area contributed by atoms with Crippen molar-refractivity contribution in [3.63, 3.8) is 0 Å². The van der Waals surface area contributed by atoms with Crippen LogP contribution in [0.2, 0.25) is 0 Å². The summed E-state index contributed by atoms with van der Waals surface area (Å²) >= 11 is 0. The molecule has 0 aromatic heterocycles. The summed E-state index contributed by atoms with van der Waals surface area (Å²) in [4.78, 5) is 23.2. The van der Waals surface area contributed by atoms with Crippen LogP contribution in [-0.2, 0) is 24.4 Å². The zero-order valence-corrected chi connectivity index (χ0v) is 12.2. The van der Waals surface area contributed by atoms with Gasteiger partial charge < -0.3 is 9.84 Å². The Morgan fingerprint density at radius 3 is 2.17 bits per heavy atom. The lowest BCUT2D eigenvalue weighted by Crippen LogP contribution is -2.43. The number of esters is 1. The predicted octanol–water partition coefficient (Wildman–Crippen LogP) is 0.871. The first-order valence-corrected chi connectivity index (χ1v) is 8.14. The number of hydrogen-bond acceptors (Lipinski definition) is 5. The summed E-state index contributed by atoms with van der Waals surface area (Å²) in [6.07, 6.45) is -4.82. The van der Waals surface area contributed by atoms with Crippen molar-refractivity contribution in [3.8, 4) is 0 Å². The van der Waals surface area contributed by atoms with Gasteiger partial charge in [0, 0.05) is 0 Å². The molecule has 1 saturated carbocycles. The molecule has 2 rings (SSSR count). The Morgan fingerprint density at radius 2 is 1.74 bits per heavy atom. The van der Waals surface area contributed by atoms with Crippen LogP contribution < -0.4 is 0 Å². The summed E-state index contributed by atoms with van der Waals surface area (Å²) in [5.41, 5.74) is 0. The van der Waals surface area contributed by atoms with E-state index >= 15 is 0 Å². The number of fused-ring (bicyclic) bond motifs is 2. The monoisotopic (exact) mass is 358 g/mol. The highest BCUT2D eigenvalue weighted by atomic mass is 32.2. The van der Waals surface area contributed by atoms with Crippen LogP contribution in [0.15, 0.2) is 12.2 Å². The number of allylic oxidation sites excluding steroid dienone is 2. The highest BCUT2D eigenvalue weighted by Gasteiger charge is 2.54. The Hall–Kier alpha value is -1.62. The first kappa shape index (κ1) is 17.7. The third-order valence-corrected chi connectivity index (χ3v) is 4.73. The van der Waals surface area contributed by atoms with Crippen molar-refractivity contribution in [2.24, 2.45) is 23.7 Å². The van der Waals surface area contributed by atoms with Gasteiger partial charge in [0.25, 0.3) is 10.1 Å². The van der Waals surface area contributed by atoms with E-state index in [4.69, 9.17) is 9.66 Å². The van der Waals surface area contributed by atoms with Crippen molar-refractivity contribution in [3.05, 3.63) is 12.2 Å². The van der Waals surface area contributed by atoms with Crippen LogP contribution in [0.3, 0.4) is 0 Å². The molecule has 0 amide bonds. The fraction of sp³-hybridized carbons (Fsp3) is 0.667. The van der Waals surface area contributed by atoms with Gasteiger partial charge in [0.15, 0.2) is 0 Å². The molecule has 2 aliphatic carbocycles. The largest absolute Gasteiger partial charge is 0.481 e. The molecule has 1 fully saturated rings. The standard InChI is InChI=1S/C12H13F3O7S/c13-12(14,15)7(4-23(19,20)21)22-11(18)9-6-2-1-5(3-6)8(9)10(16)17/h1-2,5-9H,3-4H2,(H,16,17)(H,19,20,21)/t5-,6?,7?,8?,9?/m1/s1. The Labute approximate surface area is 128 Å². The molecule has 7 nitrogen and oxygen atoms in total. The quantitative estimate of drug-likeness (QED) is 0.425. The molecule has 23 heavy (non-hydrogen) atoms. The average molecular weight is 358 g/mol. The summed E-state index contributed by atoms with van der Waals surface area (Å²) in [6, 6.07) is 0. The second-order valence-corrected chi connectivity index (χ2v) is 7.05. The number of ether oxygens (including phenoxy) is 1. The van der Waals surface area contributed by atoms with Gasteiger partial charge in [0.1, 0.15) is 5.75 Å². The molecule has 5 atom stereocenters. The Kier molecular flexibility index (Phi) is 4.46. The van der Waals surface area contributed by atoms with Crippen molar-refractivity contribution in [1.82, 2.24) is 0 Å². The number of carboxylic acid groups (broad SMARTS) is 1. The van der Waals surface area contributed by atoms with Gasteiger partial charge in [-0.25, -0.2) is 0 Å². The number of aliphatic carboxylic acids is 1. The third-order valence-electron chi connectivity index (χ3n) is 4.00. The van der Waals surface area contributed by atoms with Crippen LogP contribution >= 0.6 is 0 Å². The van der Waals surface area contributed by atoms with Crippen molar-refractivity contribution in [2.45, 2.75) is 18.7 Å². The minimum Gasteiger partial charge on any atom is -0.481 e. The Morgan fingerprint density at radius 1 is 1.22 bits per heavy atom. The van der Waals surface area contributed by atoms with E-state index in [1.165, 1.54) is 0 Å². The van der Waals surface area contributed by atoms with Gasteiger partial charge in [-0.2, -0.15) is 21.6 Å². The molecular weight excluding hydrogens is 345 g/mol. The molecule has 2 N–H and O–H groups in total. The lowest BCUT2D eigenvalue weighted by molar-refractivity contribution is -0.219. The summed E-state index contributed by atoms with van der Waals surface area (Å²) in [5, 5.41) is 9.14. The van der Waals surface area contributed by atoms with Crippen LogP contribution in [0, 0.1) is 23.7 Å². The maximum Gasteiger partial charge on any atom is 0.426 e. The normalized spacial score (nSPS) is 31.1. The van der Waals surface area contributed by atoms with Crippen LogP contribution in [0.4, 0.5) is 13.2 Å². The van der Waals surface area contributed by atoms with Gasteiger partial charge in [-0.15, -0.1) is 0 Å². The minimum absolute atomic E-state index is 0.311. The zero-order valence-electron chi connectivity index (χ0n) is 11.4. The van der Waals surface area contributed by atoms with Crippen LogP contribution in [0.1, 0.15) is 6.42 Å². The Balaban J connectivity index is 2.18. The fourth-order valence-corrected chi connectivity index (χ4v) is 3.73. The van der Waals surface area contributed by atoms with E-state index in [1.54, 1.807) is 12.2 Å². The number of halogens is 3. The summed E-state index contributed by atoms with van der Waals surface area (Å²) in [7, 11) is -5.04. The van der Waals surface area contributed by atoms with Gasteiger partial charge in [0.2, 0.25) is 6.10 Å². The number of carbonyl (C=O) groups is 2. The lowest BCUT2D eigenvalue weighted by Gasteiger charge is -2.26. The highest BCUT2D eigenvalue weighted by molar-refractivity contribution is 7.85. The minimum atomic E-state index is -5.21. The summed E-state index contributed by atoms with van der Waals surface area (Å²) in [5.74, 6) is -8.15. The van der Waals surface area contributed by atoms with Crippen LogP contribution in [0.25, 0.3) is 0 Å². The van der Waals surface area contributed by atoms with E-state index in [2.05, 4.69) is 4.74 Å². The van der Waals surface area contributed by atoms with E-state index in [1.807, 2.05) is 0 Å². The molecule has 11 heteroatoms. The van der Waals surface area contributed by atoms with Crippen molar-refractivity contribution in [2.75, 3.05) is 5.75 Å². The summed E-state index contributed by atoms with van der Waals surface area (Å²) < 4.78 is 72.3. The van der Waals surface area contributed by atoms with Gasteiger partial charge in [-0.05, 0) is 18.3 Å². The molecule has 2 bridgehead atoms. The summed E-state index contributed by atoms with van der Waals surface area (Å²) in [6.45, 7) is 0. The number of hydrogen-bond donors (Lipinski definition) is 2. The van der Waals surface area contributed by atoms with E-state index in [-0.39, 0.29) is 0 Å². The second-order valence-electron chi connectivity index (χ2n) is 5.55. The van der Waals surface area contributed by atoms with Crippen molar-refractivity contribution in [1.29, 1.82) is 0 Å². The number of carbonyl (C=O) groups excluding carboxylic acids is 1. The predicted molar refractivity (Wildman–Crippen MR) is 67.7 cm³/mol. The molecule has 0 saturated heterocycles. The molecule has 0 aromatic rings. The number of alkyl halides is 3. The molecule has 130 valence electrons. The maximum absolute atomic E-state index is 12.8. The van der Waals surface area contributed by atoms with Crippen molar-refractivity contribution < 1.29 is 45.6 Å². The second kappa shape index (κ2) is 5.78. The Bertz CT molecular complexity index is 640. The molecule has 0 heterocycles. The molecule has 4 unspecified atom stereocenters. The molecule has 2 aliphatic rings. The number of rotatable bonds is 5. The van der Waals surface area contributed by atoms with E-state index in [0.29, 0.717) is 6.42 Å². The molecule has 0 radical (unpaired) electrons. The molecular formula is C12H13F3O7S. The van der Waals surface area contributed by atoms with E-state index in [0.717, 1.165) is 0 Å². The maximum atomic E-state index is 12.8. The highest BCUT2D eigenvalue weighted by Crippen LogP contribution is 2.48. The number of carboxylic acids is 1. The first-order valence-electron chi connectivity index (χ1n) is 6.53. The lowest BCUT2D eigenvalue weighted by atomic mass is 9.83.